The molecule has 1 heterocycles. The molecule has 0 fully saturated rings. The number of fused-ring (bicyclic) bond motifs is 3. The second-order valence-corrected chi connectivity index (χ2v) is 14.5. The molecular formula is C55H39N. The minimum atomic E-state index is 0.101. The number of rotatable bonds is 8. The maximum atomic E-state index is 2.37. The summed E-state index contributed by atoms with van der Waals surface area (Å²) in [6.07, 6.45) is 0. The maximum Gasteiger partial charge on any atom is 0.0541 e. The highest BCUT2D eigenvalue weighted by Crippen LogP contribution is 2.38. The molecular weight excluding hydrogens is 675 g/mol. The minimum Gasteiger partial charge on any atom is -0.309 e. The van der Waals surface area contributed by atoms with Gasteiger partial charge in [-0.3, -0.25) is 0 Å². The van der Waals surface area contributed by atoms with Crippen LogP contribution < -0.4 is 0 Å². The van der Waals surface area contributed by atoms with Crippen LogP contribution in [0.1, 0.15) is 22.6 Å². The lowest BCUT2D eigenvalue weighted by molar-refractivity contribution is 0.978. The Bertz CT molecular complexity index is 2800. The van der Waals surface area contributed by atoms with E-state index in [2.05, 4.69) is 235 Å². The maximum absolute atomic E-state index is 2.37. The lowest BCUT2D eigenvalue weighted by Crippen LogP contribution is -2.03. The Balaban J connectivity index is 0.959. The van der Waals surface area contributed by atoms with Crippen molar-refractivity contribution < 1.29 is 0 Å². The van der Waals surface area contributed by atoms with E-state index in [9.17, 15) is 0 Å². The molecule has 0 aliphatic rings. The summed E-state index contributed by atoms with van der Waals surface area (Å²) in [5.41, 5.74) is 17.2. The van der Waals surface area contributed by atoms with Gasteiger partial charge in [0.25, 0.3) is 0 Å². The van der Waals surface area contributed by atoms with Crippen LogP contribution in [0, 0.1) is 0 Å². The first-order chi connectivity index (χ1) is 27.8. The number of hydrogen-bond acceptors (Lipinski definition) is 0. The van der Waals surface area contributed by atoms with Crippen LogP contribution in [0.15, 0.2) is 231 Å². The third kappa shape index (κ3) is 6.30. The van der Waals surface area contributed by atoms with Crippen molar-refractivity contribution in [2.24, 2.45) is 0 Å². The molecule has 0 unspecified atom stereocenters. The molecule has 1 heteroatoms. The molecule has 0 N–H and O–H groups in total. The zero-order chi connectivity index (χ0) is 37.3. The number of nitrogens with zero attached hydrogens (tertiary/aromatic N) is 1. The molecule has 0 amide bonds. The van der Waals surface area contributed by atoms with E-state index < -0.39 is 0 Å². The monoisotopic (exact) mass is 713 g/mol. The Kier molecular flexibility index (Phi) is 8.67. The summed E-state index contributed by atoms with van der Waals surface area (Å²) < 4.78 is 2.37. The van der Waals surface area contributed by atoms with Crippen molar-refractivity contribution in [2.75, 3.05) is 0 Å². The van der Waals surface area contributed by atoms with Crippen LogP contribution in [-0.4, -0.2) is 4.57 Å². The summed E-state index contributed by atoms with van der Waals surface area (Å²) in [6.45, 7) is 0. The molecule has 9 aromatic carbocycles. The van der Waals surface area contributed by atoms with Gasteiger partial charge in [-0.1, -0.05) is 200 Å². The van der Waals surface area contributed by atoms with Crippen molar-refractivity contribution in [3.8, 4) is 50.2 Å². The van der Waals surface area contributed by atoms with Gasteiger partial charge in [0, 0.05) is 22.4 Å². The SMILES string of the molecule is c1ccc(-c2ccc(C(c3ccc(-c4ccccc4)cc3)c3ccc(-c4ccc(-c5ccc6c(c5)c5ccccc5n6-c5ccccc5)cc4)cc3)cc2)cc1. The van der Waals surface area contributed by atoms with Crippen LogP contribution in [0.2, 0.25) is 0 Å². The van der Waals surface area contributed by atoms with E-state index in [1.807, 2.05) is 0 Å². The van der Waals surface area contributed by atoms with Crippen molar-refractivity contribution >= 4 is 21.8 Å². The van der Waals surface area contributed by atoms with Gasteiger partial charge in [0.1, 0.15) is 0 Å². The molecule has 56 heavy (non-hydrogen) atoms. The van der Waals surface area contributed by atoms with Crippen LogP contribution in [0.3, 0.4) is 0 Å². The van der Waals surface area contributed by atoms with Crippen molar-refractivity contribution in [1.82, 2.24) is 4.57 Å². The lowest BCUT2D eigenvalue weighted by atomic mass is 9.83. The van der Waals surface area contributed by atoms with Crippen molar-refractivity contribution in [2.45, 2.75) is 5.92 Å². The predicted molar refractivity (Wildman–Crippen MR) is 236 cm³/mol. The van der Waals surface area contributed by atoms with Gasteiger partial charge in [0.05, 0.1) is 11.0 Å². The highest BCUT2D eigenvalue weighted by atomic mass is 15.0. The Morgan fingerprint density at radius 3 is 1.07 bits per heavy atom. The second kappa shape index (κ2) is 14.5. The van der Waals surface area contributed by atoms with Crippen LogP contribution in [-0.2, 0) is 0 Å². The molecule has 0 spiro atoms. The van der Waals surface area contributed by atoms with Crippen LogP contribution in [0.5, 0.6) is 0 Å². The van der Waals surface area contributed by atoms with E-state index in [-0.39, 0.29) is 5.92 Å². The van der Waals surface area contributed by atoms with Gasteiger partial charge in [-0.05, 0) is 91.5 Å². The summed E-state index contributed by atoms with van der Waals surface area (Å²) in [4.78, 5) is 0. The molecule has 10 rings (SSSR count). The van der Waals surface area contributed by atoms with Gasteiger partial charge in [-0.15, -0.1) is 0 Å². The molecule has 0 aliphatic carbocycles. The van der Waals surface area contributed by atoms with Gasteiger partial charge in [0.2, 0.25) is 0 Å². The molecule has 264 valence electrons. The molecule has 1 aromatic heterocycles. The molecule has 0 radical (unpaired) electrons. The number of para-hydroxylation sites is 2. The van der Waals surface area contributed by atoms with E-state index >= 15 is 0 Å². The van der Waals surface area contributed by atoms with E-state index in [1.54, 1.807) is 0 Å². The largest absolute Gasteiger partial charge is 0.309 e. The molecule has 0 bridgehead atoms. The van der Waals surface area contributed by atoms with Gasteiger partial charge in [0.15, 0.2) is 0 Å². The van der Waals surface area contributed by atoms with Crippen LogP contribution >= 0.6 is 0 Å². The molecule has 0 saturated heterocycles. The summed E-state index contributed by atoms with van der Waals surface area (Å²) in [5.74, 6) is 0.101. The van der Waals surface area contributed by atoms with Crippen LogP contribution in [0.4, 0.5) is 0 Å². The Hall–Kier alpha value is -7.22. The predicted octanol–water partition coefficient (Wildman–Crippen LogP) is 14.6. The topological polar surface area (TPSA) is 4.93 Å². The van der Waals surface area contributed by atoms with Gasteiger partial charge < -0.3 is 4.57 Å². The second-order valence-electron chi connectivity index (χ2n) is 14.5. The summed E-state index contributed by atoms with van der Waals surface area (Å²) >= 11 is 0. The first kappa shape index (κ1) is 33.4. The molecule has 0 atom stereocenters. The molecule has 0 saturated carbocycles. The van der Waals surface area contributed by atoms with E-state index in [0.29, 0.717) is 0 Å². The fourth-order valence-corrected chi connectivity index (χ4v) is 8.31. The normalized spacial score (nSPS) is 11.4. The van der Waals surface area contributed by atoms with E-state index in [1.165, 1.54) is 88.7 Å². The van der Waals surface area contributed by atoms with E-state index in [4.69, 9.17) is 0 Å². The molecule has 10 aromatic rings. The average molecular weight is 714 g/mol. The smallest absolute Gasteiger partial charge is 0.0541 e. The first-order valence-corrected chi connectivity index (χ1v) is 19.4. The third-order valence-corrected chi connectivity index (χ3v) is 11.2. The average Bonchev–Trinajstić information content (AvgIpc) is 3.62. The Labute approximate surface area is 328 Å². The fraction of sp³-hybridized carbons (Fsp3) is 0.0182. The van der Waals surface area contributed by atoms with Crippen molar-refractivity contribution in [3.63, 3.8) is 0 Å². The van der Waals surface area contributed by atoms with Crippen molar-refractivity contribution in [3.05, 3.63) is 247 Å². The first-order valence-electron chi connectivity index (χ1n) is 19.4. The molecule has 1 nitrogen and oxygen atoms in total. The summed E-state index contributed by atoms with van der Waals surface area (Å²) in [5, 5.41) is 2.53. The quantitative estimate of drug-likeness (QED) is 0.138. The number of hydrogen-bond donors (Lipinski definition) is 0. The highest BCUT2D eigenvalue weighted by molar-refractivity contribution is 6.10. The zero-order valence-corrected chi connectivity index (χ0v) is 31.0. The van der Waals surface area contributed by atoms with Gasteiger partial charge >= 0.3 is 0 Å². The number of benzene rings is 9. The zero-order valence-electron chi connectivity index (χ0n) is 31.0. The summed E-state index contributed by atoms with van der Waals surface area (Å²) in [7, 11) is 0. The van der Waals surface area contributed by atoms with Crippen LogP contribution in [0.25, 0.3) is 72.0 Å². The number of aromatic nitrogens is 1. The molecule has 0 aliphatic heterocycles. The lowest BCUT2D eigenvalue weighted by Gasteiger charge is -2.20. The van der Waals surface area contributed by atoms with Gasteiger partial charge in [-0.25, -0.2) is 0 Å². The standard InChI is InChI=1S/C55H39N/c1-4-12-39(13-5-1)41-24-30-46(31-25-41)55(47-32-26-42(27-33-47)40-14-6-2-7-15-40)48-34-28-44(29-35-48)43-20-22-45(23-21-43)49-36-37-54-52(38-49)51-18-10-11-19-53(51)56(54)50-16-8-3-9-17-50/h1-38,55H. The van der Waals surface area contributed by atoms with Gasteiger partial charge in [-0.2, -0.15) is 0 Å². The highest BCUT2D eigenvalue weighted by Gasteiger charge is 2.18. The minimum absolute atomic E-state index is 0.101. The summed E-state index contributed by atoms with van der Waals surface area (Å²) in [6, 6.07) is 83.8. The van der Waals surface area contributed by atoms with E-state index in [0.717, 1.165) is 0 Å². The Morgan fingerprint density at radius 2 is 0.589 bits per heavy atom. The fourth-order valence-electron chi connectivity index (χ4n) is 8.31. The Morgan fingerprint density at radius 1 is 0.250 bits per heavy atom. The van der Waals surface area contributed by atoms with Crippen molar-refractivity contribution in [1.29, 1.82) is 0 Å². The third-order valence-electron chi connectivity index (χ3n) is 11.2.